The van der Waals surface area contributed by atoms with Crippen LogP contribution in [0.1, 0.15) is 31.0 Å². The number of nitrogens with one attached hydrogen (secondary N) is 1. The second kappa shape index (κ2) is 6.76. The van der Waals surface area contributed by atoms with Crippen molar-refractivity contribution in [2.24, 2.45) is 0 Å². The van der Waals surface area contributed by atoms with Crippen LogP contribution in [0.25, 0.3) is 0 Å². The Kier molecular flexibility index (Phi) is 5.02. The summed E-state index contributed by atoms with van der Waals surface area (Å²) >= 11 is 0. The maximum Gasteiger partial charge on any atom is 0.129 e. The van der Waals surface area contributed by atoms with Crippen LogP contribution in [0.2, 0.25) is 0 Å². The average Bonchev–Trinajstić information content (AvgIpc) is 2.43. The zero-order valence-corrected chi connectivity index (χ0v) is 12.0. The van der Waals surface area contributed by atoms with Gasteiger partial charge >= 0.3 is 0 Å². The lowest BCUT2D eigenvalue weighted by Gasteiger charge is -2.21. The van der Waals surface area contributed by atoms with E-state index in [1.807, 2.05) is 13.8 Å². The molecule has 0 fully saturated rings. The van der Waals surface area contributed by atoms with Crippen molar-refractivity contribution in [3.05, 3.63) is 71.0 Å². The van der Waals surface area contributed by atoms with Gasteiger partial charge in [0.1, 0.15) is 17.5 Å². The van der Waals surface area contributed by atoms with Gasteiger partial charge < -0.3 is 5.32 Å². The summed E-state index contributed by atoms with van der Waals surface area (Å²) in [6.07, 6.45) is 0.206. The largest absolute Gasteiger partial charge is 0.307 e. The van der Waals surface area contributed by atoms with Crippen molar-refractivity contribution in [1.29, 1.82) is 0 Å². The van der Waals surface area contributed by atoms with Gasteiger partial charge in [-0.1, -0.05) is 24.3 Å². The van der Waals surface area contributed by atoms with Crippen LogP contribution in [0.4, 0.5) is 13.2 Å². The molecule has 0 heterocycles. The lowest BCUT2D eigenvalue weighted by atomic mass is 10.0. The van der Waals surface area contributed by atoms with E-state index in [1.165, 1.54) is 24.3 Å². The molecular formula is C17H18F3N. The van der Waals surface area contributed by atoms with Crippen LogP contribution in [-0.4, -0.2) is 6.04 Å². The van der Waals surface area contributed by atoms with Crippen LogP contribution >= 0.6 is 0 Å². The summed E-state index contributed by atoms with van der Waals surface area (Å²) in [5, 5.41) is 3.17. The predicted molar refractivity (Wildman–Crippen MR) is 77.5 cm³/mol. The third-order valence-electron chi connectivity index (χ3n) is 3.48. The number of hydrogen-bond acceptors (Lipinski definition) is 1. The molecule has 2 unspecified atom stereocenters. The van der Waals surface area contributed by atoms with E-state index >= 15 is 0 Å². The van der Waals surface area contributed by atoms with E-state index in [4.69, 9.17) is 0 Å². The molecule has 21 heavy (non-hydrogen) atoms. The number of hydrogen-bond donors (Lipinski definition) is 1. The first-order valence-electron chi connectivity index (χ1n) is 6.92. The molecule has 0 aromatic heterocycles. The average molecular weight is 293 g/mol. The van der Waals surface area contributed by atoms with Crippen molar-refractivity contribution >= 4 is 0 Å². The maximum absolute atomic E-state index is 13.7. The smallest absolute Gasteiger partial charge is 0.129 e. The van der Waals surface area contributed by atoms with Crippen LogP contribution < -0.4 is 5.32 Å². The molecule has 0 aliphatic heterocycles. The highest BCUT2D eigenvalue weighted by Gasteiger charge is 2.16. The SMILES string of the molecule is CC(Cc1c(F)cccc1F)NC(C)c1ccccc1F. The minimum absolute atomic E-state index is 0.0539. The zero-order chi connectivity index (χ0) is 15.4. The van der Waals surface area contributed by atoms with Gasteiger partial charge in [-0.25, -0.2) is 13.2 Å². The number of rotatable bonds is 5. The third-order valence-corrected chi connectivity index (χ3v) is 3.48. The van der Waals surface area contributed by atoms with Crippen molar-refractivity contribution < 1.29 is 13.2 Å². The summed E-state index contributed by atoms with van der Waals surface area (Å²) in [6.45, 7) is 3.65. The Morgan fingerprint density at radius 2 is 1.43 bits per heavy atom. The van der Waals surface area contributed by atoms with Gasteiger partial charge in [0.15, 0.2) is 0 Å². The Hall–Kier alpha value is -1.81. The number of halogens is 3. The summed E-state index contributed by atoms with van der Waals surface area (Å²) < 4.78 is 40.9. The van der Waals surface area contributed by atoms with E-state index in [1.54, 1.807) is 18.2 Å². The Bertz CT molecular complexity index is 592. The molecule has 2 aromatic rings. The molecule has 0 aliphatic rings. The lowest BCUT2D eigenvalue weighted by Crippen LogP contribution is -2.31. The Morgan fingerprint density at radius 3 is 2.05 bits per heavy atom. The topological polar surface area (TPSA) is 12.0 Å². The Morgan fingerprint density at radius 1 is 0.857 bits per heavy atom. The van der Waals surface area contributed by atoms with Gasteiger partial charge in [-0.15, -0.1) is 0 Å². The first-order valence-corrected chi connectivity index (χ1v) is 6.92. The van der Waals surface area contributed by atoms with E-state index in [2.05, 4.69) is 5.32 Å². The molecule has 0 saturated carbocycles. The van der Waals surface area contributed by atoms with Gasteiger partial charge in [-0.05, 0) is 38.5 Å². The van der Waals surface area contributed by atoms with Gasteiger partial charge in [0.2, 0.25) is 0 Å². The summed E-state index contributed by atoms with van der Waals surface area (Å²) in [7, 11) is 0. The molecule has 2 atom stereocenters. The highest BCUT2D eigenvalue weighted by molar-refractivity contribution is 5.22. The standard InChI is InChI=1S/C17H18F3N/c1-11(10-14-16(19)8-5-9-17(14)20)21-12(2)13-6-3-4-7-15(13)18/h3-9,11-12,21H,10H2,1-2H3. The highest BCUT2D eigenvalue weighted by atomic mass is 19.1. The van der Waals surface area contributed by atoms with Crippen molar-refractivity contribution in [2.45, 2.75) is 32.4 Å². The Balaban J connectivity index is 2.05. The summed E-state index contributed by atoms with van der Waals surface area (Å²) in [6, 6.07) is 9.88. The molecule has 0 saturated heterocycles. The van der Waals surface area contributed by atoms with Crippen molar-refractivity contribution in [3.8, 4) is 0 Å². The van der Waals surface area contributed by atoms with E-state index in [0.29, 0.717) is 5.56 Å². The van der Waals surface area contributed by atoms with Crippen LogP contribution in [0.15, 0.2) is 42.5 Å². The molecular weight excluding hydrogens is 275 g/mol. The fourth-order valence-electron chi connectivity index (χ4n) is 2.44. The van der Waals surface area contributed by atoms with Gasteiger partial charge in [-0.2, -0.15) is 0 Å². The molecule has 0 radical (unpaired) electrons. The Labute approximate surface area is 122 Å². The summed E-state index contributed by atoms with van der Waals surface area (Å²) in [5.41, 5.74) is 0.594. The fourth-order valence-corrected chi connectivity index (χ4v) is 2.44. The lowest BCUT2D eigenvalue weighted by molar-refractivity contribution is 0.446. The van der Waals surface area contributed by atoms with Crippen molar-refractivity contribution in [3.63, 3.8) is 0 Å². The van der Waals surface area contributed by atoms with Gasteiger partial charge in [0.05, 0.1) is 0 Å². The molecule has 1 N–H and O–H groups in total. The molecule has 1 nitrogen and oxygen atoms in total. The molecule has 0 aliphatic carbocycles. The molecule has 4 heteroatoms. The first-order chi connectivity index (χ1) is 9.99. The van der Waals surface area contributed by atoms with Crippen LogP contribution in [-0.2, 0) is 6.42 Å². The molecule has 0 spiro atoms. The minimum Gasteiger partial charge on any atom is -0.307 e. The van der Waals surface area contributed by atoms with Gasteiger partial charge in [-0.3, -0.25) is 0 Å². The monoisotopic (exact) mass is 293 g/mol. The van der Waals surface area contributed by atoms with Crippen LogP contribution in [0.3, 0.4) is 0 Å². The van der Waals surface area contributed by atoms with Crippen LogP contribution in [0, 0.1) is 17.5 Å². The predicted octanol–water partition coefficient (Wildman–Crippen LogP) is 4.39. The first kappa shape index (κ1) is 15.6. The molecule has 0 amide bonds. The van der Waals surface area contributed by atoms with E-state index < -0.39 is 11.6 Å². The van der Waals surface area contributed by atoms with E-state index in [9.17, 15) is 13.2 Å². The van der Waals surface area contributed by atoms with Crippen LogP contribution in [0.5, 0.6) is 0 Å². The van der Waals surface area contributed by atoms with E-state index in [0.717, 1.165) is 0 Å². The third kappa shape index (κ3) is 3.85. The molecule has 0 bridgehead atoms. The zero-order valence-electron chi connectivity index (χ0n) is 12.0. The summed E-state index contributed by atoms with van der Waals surface area (Å²) in [5.74, 6) is -1.40. The maximum atomic E-state index is 13.7. The van der Waals surface area contributed by atoms with Gasteiger partial charge in [0, 0.05) is 23.2 Å². The normalized spacial score (nSPS) is 14.0. The van der Waals surface area contributed by atoms with Crippen molar-refractivity contribution in [1.82, 2.24) is 5.32 Å². The van der Waals surface area contributed by atoms with Gasteiger partial charge in [0.25, 0.3) is 0 Å². The number of benzene rings is 2. The van der Waals surface area contributed by atoms with E-state index in [-0.39, 0.29) is 29.9 Å². The molecule has 2 aromatic carbocycles. The fraction of sp³-hybridized carbons (Fsp3) is 0.294. The second-order valence-corrected chi connectivity index (χ2v) is 5.22. The quantitative estimate of drug-likeness (QED) is 0.862. The minimum atomic E-state index is -0.554. The second-order valence-electron chi connectivity index (χ2n) is 5.22. The molecule has 112 valence electrons. The summed E-state index contributed by atoms with van der Waals surface area (Å²) in [4.78, 5) is 0. The van der Waals surface area contributed by atoms with Crippen molar-refractivity contribution in [2.75, 3.05) is 0 Å². The highest BCUT2D eigenvalue weighted by Crippen LogP contribution is 2.19. The molecule has 2 rings (SSSR count).